The summed E-state index contributed by atoms with van der Waals surface area (Å²) in [5.74, 6) is -0.500. The molecule has 0 saturated heterocycles. The van der Waals surface area contributed by atoms with Gasteiger partial charge < -0.3 is 10.2 Å². The highest BCUT2D eigenvalue weighted by molar-refractivity contribution is 5.70. The molecule has 0 aliphatic heterocycles. The third-order valence-corrected chi connectivity index (χ3v) is 6.17. The molecule has 2 N–H and O–H groups in total. The van der Waals surface area contributed by atoms with Crippen molar-refractivity contribution in [1.29, 1.82) is 0 Å². The number of fused-ring (bicyclic) bond motifs is 1. The first kappa shape index (κ1) is 18.3. The lowest BCUT2D eigenvalue weighted by Crippen LogP contribution is -2.29. The molecule has 0 spiro atoms. The van der Waals surface area contributed by atoms with Crippen LogP contribution in [0.15, 0.2) is 23.3 Å². The van der Waals surface area contributed by atoms with Gasteiger partial charge in [-0.15, -0.1) is 0 Å². The van der Waals surface area contributed by atoms with E-state index in [0.29, 0.717) is 24.7 Å². The molecule has 3 heteroatoms. The van der Waals surface area contributed by atoms with Gasteiger partial charge >= 0.3 is 5.97 Å². The molecular formula is C20H32O3. The predicted octanol–water partition coefficient (Wildman–Crippen LogP) is 4.57. The van der Waals surface area contributed by atoms with E-state index in [-0.39, 0.29) is 5.41 Å². The largest absolute Gasteiger partial charge is 0.481 e. The fraction of sp³-hybridized carbons (Fsp3) is 0.750. The van der Waals surface area contributed by atoms with Gasteiger partial charge in [0.1, 0.15) is 0 Å². The zero-order chi connectivity index (χ0) is 17.2. The molecule has 0 aromatic carbocycles. The van der Waals surface area contributed by atoms with Crippen molar-refractivity contribution < 1.29 is 15.0 Å². The van der Waals surface area contributed by atoms with E-state index in [2.05, 4.69) is 33.8 Å². The molecule has 0 radical (unpaired) electrons. The van der Waals surface area contributed by atoms with E-state index >= 15 is 0 Å². The third-order valence-electron chi connectivity index (χ3n) is 6.17. The van der Waals surface area contributed by atoms with Crippen LogP contribution in [0, 0.1) is 23.2 Å². The Hall–Kier alpha value is -1.09. The molecule has 2 aliphatic rings. The molecule has 0 aromatic rings. The number of rotatable bonds is 1. The number of carbonyl (C=O) groups is 1. The summed E-state index contributed by atoms with van der Waals surface area (Å²) in [6.07, 6.45) is 8.89. The number of hydrogen-bond acceptors (Lipinski definition) is 2. The van der Waals surface area contributed by atoms with E-state index in [9.17, 15) is 15.0 Å². The topological polar surface area (TPSA) is 57.5 Å². The van der Waals surface area contributed by atoms with Gasteiger partial charge in [0.15, 0.2) is 0 Å². The van der Waals surface area contributed by atoms with Crippen molar-refractivity contribution in [3.63, 3.8) is 0 Å². The van der Waals surface area contributed by atoms with Gasteiger partial charge in [-0.05, 0) is 69.6 Å². The SMILES string of the molecule is C/C1=C\C[C@H](O)C(C(=O)O)C[C@@H]2[C@@H](CC/C(C)=C/CC1)C2(C)C. The Kier molecular flexibility index (Phi) is 5.72. The summed E-state index contributed by atoms with van der Waals surface area (Å²) in [6, 6.07) is 0. The Bertz CT molecular complexity index is 501. The van der Waals surface area contributed by atoms with Crippen molar-refractivity contribution in [2.45, 2.75) is 72.3 Å². The minimum Gasteiger partial charge on any atom is -0.481 e. The van der Waals surface area contributed by atoms with Crippen molar-refractivity contribution >= 4 is 5.97 Å². The van der Waals surface area contributed by atoms with Crippen LogP contribution in [-0.4, -0.2) is 22.3 Å². The number of aliphatic hydroxyl groups excluding tert-OH is 1. The molecule has 23 heavy (non-hydrogen) atoms. The second kappa shape index (κ2) is 7.21. The Morgan fingerprint density at radius 3 is 2.43 bits per heavy atom. The van der Waals surface area contributed by atoms with Gasteiger partial charge in [0.2, 0.25) is 0 Å². The molecule has 0 heterocycles. The molecule has 0 amide bonds. The Balaban J connectivity index is 2.17. The van der Waals surface area contributed by atoms with Crippen LogP contribution in [0.3, 0.4) is 0 Å². The first-order valence-electron chi connectivity index (χ1n) is 8.95. The van der Waals surface area contributed by atoms with Crippen molar-refractivity contribution in [1.82, 2.24) is 0 Å². The fourth-order valence-electron chi connectivity index (χ4n) is 4.21. The smallest absolute Gasteiger partial charge is 0.309 e. The lowest BCUT2D eigenvalue weighted by Gasteiger charge is -2.19. The summed E-state index contributed by atoms with van der Waals surface area (Å²) in [7, 11) is 0. The standard InChI is InChI=1S/C20H32O3/c1-13-6-5-7-14(2)9-11-18(21)15(19(22)23)12-17-16(10-8-13)20(17,3)4/h6,9,15-18,21H,5,7-8,10-12H2,1-4H3,(H,22,23)/b13-6+,14-9+/t15?,16-,17-,18+/m1/s1. The molecule has 2 rings (SSSR count). The van der Waals surface area contributed by atoms with E-state index in [4.69, 9.17) is 0 Å². The summed E-state index contributed by atoms with van der Waals surface area (Å²) in [5, 5.41) is 19.9. The number of carboxylic acids is 1. The lowest BCUT2D eigenvalue weighted by molar-refractivity contribution is -0.146. The second-order valence-electron chi connectivity index (χ2n) is 8.20. The average Bonchev–Trinajstić information content (AvgIpc) is 2.98. The van der Waals surface area contributed by atoms with E-state index < -0.39 is 18.0 Å². The van der Waals surface area contributed by atoms with Crippen molar-refractivity contribution in [2.75, 3.05) is 0 Å². The van der Waals surface area contributed by atoms with E-state index in [1.54, 1.807) is 0 Å². The van der Waals surface area contributed by atoms with Crippen LogP contribution in [0.4, 0.5) is 0 Å². The molecule has 1 saturated carbocycles. The summed E-state index contributed by atoms with van der Waals surface area (Å²) < 4.78 is 0. The monoisotopic (exact) mass is 320 g/mol. The first-order chi connectivity index (χ1) is 10.7. The van der Waals surface area contributed by atoms with Crippen LogP contribution >= 0.6 is 0 Å². The zero-order valence-electron chi connectivity index (χ0n) is 15.0. The fourth-order valence-corrected chi connectivity index (χ4v) is 4.21. The first-order valence-corrected chi connectivity index (χ1v) is 8.95. The maximum atomic E-state index is 11.6. The van der Waals surface area contributed by atoms with Gasteiger partial charge in [-0.3, -0.25) is 4.79 Å². The lowest BCUT2D eigenvalue weighted by atomic mass is 9.90. The Labute approximate surface area is 140 Å². The minimum absolute atomic E-state index is 0.208. The van der Waals surface area contributed by atoms with E-state index in [1.165, 1.54) is 11.1 Å². The summed E-state index contributed by atoms with van der Waals surface area (Å²) in [4.78, 5) is 11.6. The van der Waals surface area contributed by atoms with Crippen LogP contribution < -0.4 is 0 Å². The molecule has 1 fully saturated rings. The predicted molar refractivity (Wildman–Crippen MR) is 93.1 cm³/mol. The molecule has 1 unspecified atom stereocenters. The molecule has 0 aromatic heterocycles. The van der Waals surface area contributed by atoms with Crippen LogP contribution in [0.1, 0.15) is 66.2 Å². The van der Waals surface area contributed by atoms with Gasteiger partial charge in [0.05, 0.1) is 12.0 Å². The maximum absolute atomic E-state index is 11.6. The van der Waals surface area contributed by atoms with Crippen LogP contribution in [-0.2, 0) is 4.79 Å². The highest BCUT2D eigenvalue weighted by Crippen LogP contribution is 2.63. The average molecular weight is 320 g/mol. The summed E-state index contributed by atoms with van der Waals surface area (Å²) in [6.45, 7) is 8.76. The number of hydrogen-bond donors (Lipinski definition) is 2. The summed E-state index contributed by atoms with van der Waals surface area (Å²) >= 11 is 0. The Morgan fingerprint density at radius 1 is 1.13 bits per heavy atom. The van der Waals surface area contributed by atoms with Gasteiger partial charge in [-0.1, -0.05) is 37.1 Å². The highest BCUT2D eigenvalue weighted by Gasteiger charge is 2.57. The molecule has 130 valence electrons. The molecule has 4 atom stereocenters. The number of carboxylic acid groups (broad SMARTS) is 1. The van der Waals surface area contributed by atoms with Crippen LogP contribution in [0.25, 0.3) is 0 Å². The number of aliphatic hydroxyl groups is 1. The normalized spacial score (nSPS) is 39.9. The van der Waals surface area contributed by atoms with E-state index in [0.717, 1.165) is 25.7 Å². The maximum Gasteiger partial charge on any atom is 0.309 e. The van der Waals surface area contributed by atoms with Gasteiger partial charge in [0.25, 0.3) is 0 Å². The molecular weight excluding hydrogens is 288 g/mol. The third kappa shape index (κ3) is 4.47. The van der Waals surface area contributed by atoms with Gasteiger partial charge in [-0.2, -0.15) is 0 Å². The molecule has 3 nitrogen and oxygen atoms in total. The zero-order valence-corrected chi connectivity index (χ0v) is 15.0. The van der Waals surface area contributed by atoms with Crippen molar-refractivity contribution in [3.8, 4) is 0 Å². The quantitative estimate of drug-likeness (QED) is 0.696. The Morgan fingerprint density at radius 2 is 1.78 bits per heavy atom. The minimum atomic E-state index is -0.854. The number of allylic oxidation sites excluding steroid dienone is 3. The van der Waals surface area contributed by atoms with Crippen LogP contribution in [0.5, 0.6) is 0 Å². The van der Waals surface area contributed by atoms with Crippen molar-refractivity contribution in [2.24, 2.45) is 23.2 Å². The number of aliphatic carboxylic acids is 1. The van der Waals surface area contributed by atoms with Gasteiger partial charge in [-0.25, -0.2) is 0 Å². The second-order valence-corrected chi connectivity index (χ2v) is 8.20. The van der Waals surface area contributed by atoms with Crippen LogP contribution in [0.2, 0.25) is 0 Å². The summed E-state index contributed by atoms with van der Waals surface area (Å²) in [5.41, 5.74) is 2.89. The van der Waals surface area contributed by atoms with Gasteiger partial charge in [0, 0.05) is 0 Å². The molecule has 2 aliphatic carbocycles. The molecule has 0 bridgehead atoms. The highest BCUT2D eigenvalue weighted by atomic mass is 16.4. The van der Waals surface area contributed by atoms with Crippen molar-refractivity contribution in [3.05, 3.63) is 23.3 Å². The van der Waals surface area contributed by atoms with E-state index in [1.807, 2.05) is 6.08 Å².